The van der Waals surface area contributed by atoms with Gasteiger partial charge in [-0.1, -0.05) is 13.8 Å². The zero-order valence-electron chi connectivity index (χ0n) is 10.2. The van der Waals surface area contributed by atoms with Gasteiger partial charge in [0.1, 0.15) is 5.82 Å². The monoisotopic (exact) mass is 242 g/mol. The molecule has 5 heteroatoms. The molecule has 0 aliphatic carbocycles. The average molecular weight is 243 g/mol. The highest BCUT2D eigenvalue weighted by molar-refractivity contribution is 6.28. The fraction of sp³-hybridized carbons (Fsp3) is 0.636. The summed E-state index contributed by atoms with van der Waals surface area (Å²) in [6.07, 6.45) is 1.62. The van der Waals surface area contributed by atoms with Crippen molar-refractivity contribution < 1.29 is 0 Å². The van der Waals surface area contributed by atoms with Gasteiger partial charge in [-0.2, -0.15) is 0 Å². The molecule has 0 saturated heterocycles. The summed E-state index contributed by atoms with van der Waals surface area (Å²) in [5, 5.41) is 3.54. The topological polar surface area (TPSA) is 63.8 Å². The number of hydrogen-bond acceptors (Lipinski definition) is 4. The van der Waals surface area contributed by atoms with E-state index in [1.54, 1.807) is 12.3 Å². The van der Waals surface area contributed by atoms with Gasteiger partial charge in [0, 0.05) is 17.8 Å². The molecule has 90 valence electrons. The van der Waals surface area contributed by atoms with Crippen molar-refractivity contribution in [3.63, 3.8) is 0 Å². The van der Waals surface area contributed by atoms with Crippen LogP contribution in [0.2, 0.25) is 5.28 Å². The molecule has 1 heterocycles. The molecule has 1 atom stereocenters. The Morgan fingerprint density at radius 2 is 2.06 bits per heavy atom. The summed E-state index contributed by atoms with van der Waals surface area (Å²) in [5.74, 6) is 1.10. The summed E-state index contributed by atoms with van der Waals surface area (Å²) in [6.45, 7) is 8.23. The first kappa shape index (κ1) is 13.2. The van der Waals surface area contributed by atoms with Crippen molar-refractivity contribution in [2.24, 2.45) is 11.7 Å². The Kier molecular flexibility index (Phi) is 4.10. The molecule has 3 N–H and O–H groups in total. The van der Waals surface area contributed by atoms with Gasteiger partial charge in [0.05, 0.1) is 0 Å². The lowest BCUT2D eigenvalue weighted by Gasteiger charge is -2.34. The molecule has 0 bridgehead atoms. The molecule has 0 radical (unpaired) electrons. The van der Waals surface area contributed by atoms with Gasteiger partial charge in [-0.25, -0.2) is 9.97 Å². The van der Waals surface area contributed by atoms with E-state index in [0.29, 0.717) is 11.7 Å². The number of aromatic nitrogens is 2. The smallest absolute Gasteiger partial charge is 0.224 e. The molecule has 1 aromatic heterocycles. The van der Waals surface area contributed by atoms with Gasteiger partial charge in [-0.3, -0.25) is 0 Å². The maximum atomic E-state index is 6.13. The van der Waals surface area contributed by atoms with Crippen molar-refractivity contribution in [3.8, 4) is 0 Å². The SMILES string of the molecule is CC(C)[C@H](Nc1ccnc(Cl)n1)C(C)(C)N. The van der Waals surface area contributed by atoms with Crippen LogP contribution in [0.4, 0.5) is 5.82 Å². The van der Waals surface area contributed by atoms with Gasteiger partial charge in [-0.05, 0) is 37.4 Å². The van der Waals surface area contributed by atoms with Gasteiger partial charge < -0.3 is 11.1 Å². The summed E-state index contributed by atoms with van der Waals surface area (Å²) < 4.78 is 0. The summed E-state index contributed by atoms with van der Waals surface area (Å²) in [6, 6.07) is 1.91. The molecule has 0 unspecified atom stereocenters. The van der Waals surface area contributed by atoms with E-state index in [9.17, 15) is 0 Å². The number of halogens is 1. The Balaban J connectivity index is 2.84. The van der Waals surface area contributed by atoms with Gasteiger partial charge in [0.2, 0.25) is 5.28 Å². The number of nitrogens with zero attached hydrogens (tertiary/aromatic N) is 2. The van der Waals surface area contributed by atoms with Crippen molar-refractivity contribution in [2.75, 3.05) is 5.32 Å². The van der Waals surface area contributed by atoms with Crippen molar-refractivity contribution in [1.29, 1.82) is 0 Å². The largest absolute Gasteiger partial charge is 0.365 e. The number of nitrogens with two attached hydrogens (primary N) is 1. The molecule has 0 aromatic carbocycles. The molecule has 1 rings (SSSR count). The summed E-state index contributed by atoms with van der Waals surface area (Å²) in [5.41, 5.74) is 5.80. The second kappa shape index (κ2) is 4.97. The maximum absolute atomic E-state index is 6.13. The van der Waals surface area contributed by atoms with Crippen LogP contribution in [0.15, 0.2) is 12.3 Å². The first-order valence-corrected chi connectivity index (χ1v) is 5.72. The van der Waals surface area contributed by atoms with E-state index in [1.807, 2.05) is 13.8 Å². The minimum atomic E-state index is -0.328. The average Bonchev–Trinajstić information content (AvgIpc) is 2.12. The lowest BCUT2D eigenvalue weighted by molar-refractivity contribution is 0.353. The third-order valence-corrected chi connectivity index (χ3v) is 2.58. The molecule has 0 saturated carbocycles. The number of anilines is 1. The predicted octanol–water partition coefficient (Wildman–Crippen LogP) is 2.30. The van der Waals surface area contributed by atoms with Crippen molar-refractivity contribution in [3.05, 3.63) is 17.5 Å². The third kappa shape index (κ3) is 3.61. The van der Waals surface area contributed by atoms with Crippen molar-refractivity contribution in [2.45, 2.75) is 39.3 Å². The van der Waals surface area contributed by atoms with Crippen molar-refractivity contribution in [1.82, 2.24) is 9.97 Å². The van der Waals surface area contributed by atoms with Crippen LogP contribution in [-0.4, -0.2) is 21.5 Å². The molecule has 4 nitrogen and oxygen atoms in total. The van der Waals surface area contributed by atoms with Gasteiger partial charge >= 0.3 is 0 Å². The molecule has 0 amide bonds. The maximum Gasteiger partial charge on any atom is 0.224 e. The number of hydrogen-bond donors (Lipinski definition) is 2. The van der Waals surface area contributed by atoms with Gasteiger partial charge in [0.15, 0.2) is 0 Å². The minimum absolute atomic E-state index is 0.124. The van der Waals surface area contributed by atoms with Crippen LogP contribution in [0.25, 0.3) is 0 Å². The molecule has 16 heavy (non-hydrogen) atoms. The van der Waals surface area contributed by atoms with E-state index in [4.69, 9.17) is 17.3 Å². The fourth-order valence-corrected chi connectivity index (χ4v) is 1.93. The predicted molar refractivity (Wildman–Crippen MR) is 67.6 cm³/mol. The molecular weight excluding hydrogens is 224 g/mol. The zero-order chi connectivity index (χ0) is 12.3. The summed E-state index contributed by atoms with van der Waals surface area (Å²) >= 11 is 5.73. The first-order chi connectivity index (χ1) is 7.30. The zero-order valence-corrected chi connectivity index (χ0v) is 10.9. The molecule has 0 aliphatic rings. The van der Waals surface area contributed by atoms with E-state index in [-0.39, 0.29) is 16.9 Å². The van der Waals surface area contributed by atoms with E-state index < -0.39 is 0 Å². The van der Waals surface area contributed by atoms with E-state index in [0.717, 1.165) is 0 Å². The lowest BCUT2D eigenvalue weighted by Crippen LogP contribution is -2.52. The standard InChI is InChI=1S/C11H19ClN4/c1-7(2)9(11(3,4)13)15-8-5-6-14-10(12)16-8/h5-7,9H,13H2,1-4H3,(H,14,15,16)/t9-/m0/s1. The molecule has 0 fully saturated rings. The minimum Gasteiger partial charge on any atom is -0.365 e. The van der Waals surface area contributed by atoms with Crippen LogP contribution in [-0.2, 0) is 0 Å². The Labute approximate surface area is 102 Å². The second-order valence-electron chi connectivity index (χ2n) is 4.90. The normalized spacial score (nSPS) is 13.9. The Morgan fingerprint density at radius 3 is 2.50 bits per heavy atom. The summed E-state index contributed by atoms with van der Waals surface area (Å²) in [7, 11) is 0. The van der Waals surface area contributed by atoms with E-state index in [2.05, 4.69) is 29.1 Å². The van der Waals surface area contributed by atoms with Crippen LogP contribution in [0, 0.1) is 5.92 Å². The fourth-order valence-electron chi connectivity index (χ4n) is 1.79. The molecule has 1 aromatic rings. The highest BCUT2D eigenvalue weighted by Crippen LogP contribution is 2.19. The highest BCUT2D eigenvalue weighted by atomic mass is 35.5. The first-order valence-electron chi connectivity index (χ1n) is 5.34. The van der Waals surface area contributed by atoms with E-state index >= 15 is 0 Å². The number of nitrogens with one attached hydrogen (secondary N) is 1. The van der Waals surface area contributed by atoms with Crippen LogP contribution < -0.4 is 11.1 Å². The lowest BCUT2D eigenvalue weighted by atomic mass is 9.87. The van der Waals surface area contributed by atoms with Gasteiger partial charge in [-0.15, -0.1) is 0 Å². The Hall–Kier alpha value is -0.870. The third-order valence-electron chi connectivity index (χ3n) is 2.40. The highest BCUT2D eigenvalue weighted by Gasteiger charge is 2.28. The number of rotatable bonds is 4. The van der Waals surface area contributed by atoms with Crippen LogP contribution in [0.3, 0.4) is 0 Å². The van der Waals surface area contributed by atoms with Crippen LogP contribution in [0.5, 0.6) is 0 Å². The van der Waals surface area contributed by atoms with Gasteiger partial charge in [0.25, 0.3) is 0 Å². The Bertz CT molecular complexity index is 346. The quantitative estimate of drug-likeness (QED) is 0.796. The second-order valence-corrected chi connectivity index (χ2v) is 5.24. The molecular formula is C11H19ClN4. The van der Waals surface area contributed by atoms with Crippen LogP contribution >= 0.6 is 11.6 Å². The van der Waals surface area contributed by atoms with Crippen LogP contribution in [0.1, 0.15) is 27.7 Å². The Morgan fingerprint density at radius 1 is 1.44 bits per heavy atom. The molecule has 0 spiro atoms. The van der Waals surface area contributed by atoms with Crippen molar-refractivity contribution >= 4 is 17.4 Å². The summed E-state index contributed by atoms with van der Waals surface area (Å²) in [4.78, 5) is 7.93. The van der Waals surface area contributed by atoms with E-state index in [1.165, 1.54) is 0 Å². The molecule has 0 aliphatic heterocycles.